The van der Waals surface area contributed by atoms with Gasteiger partial charge in [-0.05, 0) is 50.0 Å². The molecule has 29 heavy (non-hydrogen) atoms. The summed E-state index contributed by atoms with van der Waals surface area (Å²) in [5, 5.41) is 23.5. The van der Waals surface area contributed by atoms with Gasteiger partial charge in [0.05, 0.1) is 17.8 Å². The zero-order chi connectivity index (χ0) is 20.0. The van der Waals surface area contributed by atoms with E-state index in [0.29, 0.717) is 0 Å². The first-order valence-electron chi connectivity index (χ1n) is 9.07. The van der Waals surface area contributed by atoms with E-state index in [-0.39, 0.29) is 6.04 Å². The van der Waals surface area contributed by atoms with E-state index in [0.717, 1.165) is 42.1 Å². The van der Waals surface area contributed by atoms with Gasteiger partial charge in [-0.2, -0.15) is 14.7 Å². The lowest BCUT2D eigenvalue weighted by Crippen LogP contribution is -2.12. The smallest absolute Gasteiger partial charge is 0.235 e. The van der Waals surface area contributed by atoms with Crippen molar-refractivity contribution in [3.8, 4) is 11.1 Å². The molecule has 8 nitrogen and oxygen atoms in total. The number of hydrogen-bond acceptors (Lipinski definition) is 8. The molecule has 0 unspecified atom stereocenters. The lowest BCUT2D eigenvalue weighted by Gasteiger charge is -2.04. The van der Waals surface area contributed by atoms with Crippen LogP contribution in [0, 0.1) is 0 Å². The highest BCUT2D eigenvalue weighted by atomic mass is 32.2. The minimum Gasteiger partial charge on any atom is -0.311 e. The molecule has 146 valence electrons. The third kappa shape index (κ3) is 3.39. The number of pyridine rings is 1. The quantitative estimate of drug-likeness (QED) is 0.463. The van der Waals surface area contributed by atoms with Crippen LogP contribution in [0.3, 0.4) is 0 Å². The van der Waals surface area contributed by atoms with E-state index >= 15 is 0 Å². The first-order chi connectivity index (χ1) is 14.1. The predicted molar refractivity (Wildman–Crippen MR) is 114 cm³/mol. The second-order valence-electron chi connectivity index (χ2n) is 6.71. The van der Waals surface area contributed by atoms with Gasteiger partial charge in [0.25, 0.3) is 0 Å². The number of nitrogens with one attached hydrogen (secondary N) is 1. The van der Waals surface area contributed by atoms with Gasteiger partial charge in [-0.15, -0.1) is 10.2 Å². The Morgan fingerprint density at radius 2 is 2.03 bits per heavy atom. The summed E-state index contributed by atoms with van der Waals surface area (Å²) in [4.78, 5) is 6.45. The fourth-order valence-corrected chi connectivity index (χ4v) is 4.77. The zero-order valence-corrected chi connectivity index (χ0v) is 17.7. The summed E-state index contributed by atoms with van der Waals surface area (Å²) < 4.78 is 3.60. The van der Waals surface area contributed by atoms with Crippen molar-refractivity contribution in [2.75, 3.05) is 7.05 Å². The van der Waals surface area contributed by atoms with Gasteiger partial charge < -0.3 is 5.32 Å². The molecule has 0 saturated heterocycles. The molecule has 0 aliphatic carbocycles. The van der Waals surface area contributed by atoms with E-state index in [1.165, 1.54) is 0 Å². The molecule has 0 aliphatic heterocycles. The van der Waals surface area contributed by atoms with E-state index in [1.54, 1.807) is 27.8 Å². The highest BCUT2D eigenvalue weighted by Crippen LogP contribution is 2.31. The van der Waals surface area contributed by atoms with Crippen LogP contribution in [0.1, 0.15) is 18.0 Å². The maximum atomic E-state index is 4.66. The largest absolute Gasteiger partial charge is 0.311 e. The zero-order valence-electron chi connectivity index (χ0n) is 16.1. The van der Waals surface area contributed by atoms with Crippen molar-refractivity contribution in [2.45, 2.75) is 23.0 Å². The second kappa shape index (κ2) is 7.21. The molecule has 5 aromatic rings. The van der Waals surface area contributed by atoms with Crippen LogP contribution >= 0.6 is 23.1 Å². The van der Waals surface area contributed by atoms with Crippen LogP contribution < -0.4 is 5.32 Å². The van der Waals surface area contributed by atoms with Crippen molar-refractivity contribution in [2.24, 2.45) is 7.05 Å². The van der Waals surface area contributed by atoms with Crippen molar-refractivity contribution in [3.63, 3.8) is 0 Å². The van der Waals surface area contributed by atoms with Gasteiger partial charge in [-0.25, -0.2) is 0 Å². The van der Waals surface area contributed by atoms with Gasteiger partial charge in [0.15, 0.2) is 0 Å². The van der Waals surface area contributed by atoms with Crippen LogP contribution in [0.2, 0.25) is 0 Å². The van der Waals surface area contributed by atoms with E-state index in [2.05, 4.69) is 49.8 Å². The highest BCUT2D eigenvalue weighted by Gasteiger charge is 2.16. The highest BCUT2D eigenvalue weighted by molar-refractivity contribution is 7.99. The topological polar surface area (TPSA) is 85.8 Å². The third-order valence-electron chi connectivity index (χ3n) is 4.68. The van der Waals surface area contributed by atoms with Crippen molar-refractivity contribution >= 4 is 39.0 Å². The van der Waals surface area contributed by atoms with Crippen LogP contribution in [0.25, 0.3) is 27.0 Å². The van der Waals surface area contributed by atoms with E-state index in [1.807, 2.05) is 49.3 Å². The number of aromatic nitrogens is 7. The van der Waals surface area contributed by atoms with Crippen molar-refractivity contribution in [1.82, 2.24) is 39.9 Å². The van der Waals surface area contributed by atoms with Gasteiger partial charge >= 0.3 is 0 Å². The van der Waals surface area contributed by atoms with Crippen LogP contribution in [-0.2, 0) is 7.05 Å². The van der Waals surface area contributed by atoms with Crippen LogP contribution in [0.5, 0.6) is 0 Å². The summed E-state index contributed by atoms with van der Waals surface area (Å²) in [6, 6.07) is 8.51. The Bertz CT molecular complexity index is 1320. The van der Waals surface area contributed by atoms with Crippen LogP contribution in [0.4, 0.5) is 0 Å². The summed E-state index contributed by atoms with van der Waals surface area (Å²) in [5.74, 6) is 0. The molecule has 0 saturated carbocycles. The molecule has 0 aliphatic rings. The molecule has 4 aromatic heterocycles. The number of benzene rings is 1. The maximum Gasteiger partial charge on any atom is 0.235 e. The molecule has 0 bridgehead atoms. The molecule has 1 aromatic carbocycles. The minimum atomic E-state index is 0.178. The SMILES string of the molecule is CN[C@@H](C)c1nn2c(Sc3ccc4ncc(-c5cnn(C)c5)cc4c3)nnc2s1. The summed E-state index contributed by atoms with van der Waals surface area (Å²) in [6.07, 6.45) is 5.72. The number of fused-ring (bicyclic) bond motifs is 2. The van der Waals surface area contributed by atoms with Crippen molar-refractivity contribution < 1.29 is 0 Å². The van der Waals surface area contributed by atoms with Crippen molar-refractivity contribution in [3.05, 3.63) is 47.9 Å². The number of rotatable bonds is 5. The molecule has 1 N–H and O–H groups in total. The summed E-state index contributed by atoms with van der Waals surface area (Å²) in [6.45, 7) is 2.08. The molecule has 0 amide bonds. The lowest BCUT2D eigenvalue weighted by atomic mass is 10.1. The average Bonchev–Trinajstić information content (AvgIpc) is 3.44. The summed E-state index contributed by atoms with van der Waals surface area (Å²) >= 11 is 3.10. The Morgan fingerprint density at radius 1 is 1.14 bits per heavy atom. The summed E-state index contributed by atoms with van der Waals surface area (Å²) in [5.41, 5.74) is 3.04. The van der Waals surface area contributed by atoms with E-state index in [9.17, 15) is 0 Å². The molecule has 0 radical (unpaired) electrons. The molecule has 0 spiro atoms. The first-order valence-corrected chi connectivity index (χ1v) is 10.7. The predicted octanol–water partition coefficient (Wildman–Crippen LogP) is 3.57. The summed E-state index contributed by atoms with van der Waals surface area (Å²) in [7, 11) is 3.83. The molecular weight excluding hydrogens is 404 g/mol. The fraction of sp³-hybridized carbons (Fsp3) is 0.211. The molecule has 0 fully saturated rings. The Morgan fingerprint density at radius 3 is 2.83 bits per heavy atom. The standard InChI is InChI=1S/C19H18N8S2/c1-11(20-2)17-25-27-18(23-24-19(27)29-17)28-15-4-5-16-12(7-15)6-13(8-21-16)14-9-22-26(3)10-14/h4-11,20H,1-3H3/t11-/m0/s1. The fourth-order valence-electron chi connectivity index (χ4n) is 2.98. The van der Waals surface area contributed by atoms with E-state index < -0.39 is 0 Å². The minimum absolute atomic E-state index is 0.178. The molecule has 4 heterocycles. The van der Waals surface area contributed by atoms with Crippen LogP contribution in [0.15, 0.2) is 52.9 Å². The molecular formula is C19H18N8S2. The van der Waals surface area contributed by atoms with Crippen molar-refractivity contribution in [1.29, 1.82) is 0 Å². The van der Waals surface area contributed by atoms with E-state index in [4.69, 9.17) is 0 Å². The Hall–Kier alpha value is -2.82. The number of nitrogens with zero attached hydrogens (tertiary/aromatic N) is 7. The maximum absolute atomic E-state index is 4.66. The average molecular weight is 423 g/mol. The van der Waals surface area contributed by atoms with Crippen LogP contribution in [-0.4, -0.2) is 41.6 Å². The normalized spacial score (nSPS) is 12.8. The second-order valence-corrected chi connectivity index (χ2v) is 8.74. The Labute approximate surface area is 175 Å². The third-order valence-corrected chi connectivity index (χ3v) is 6.69. The Kier molecular flexibility index (Phi) is 4.53. The lowest BCUT2D eigenvalue weighted by molar-refractivity contribution is 0.628. The van der Waals surface area contributed by atoms with Gasteiger partial charge in [-0.1, -0.05) is 11.3 Å². The van der Waals surface area contributed by atoms with Gasteiger partial charge in [-0.3, -0.25) is 9.67 Å². The number of hydrogen-bond donors (Lipinski definition) is 1. The van der Waals surface area contributed by atoms with Gasteiger partial charge in [0, 0.05) is 40.8 Å². The monoisotopic (exact) mass is 422 g/mol. The number of aryl methyl sites for hydroxylation is 1. The molecule has 10 heteroatoms. The van der Waals surface area contributed by atoms with Gasteiger partial charge in [0.2, 0.25) is 10.1 Å². The molecule has 1 atom stereocenters. The first kappa shape index (κ1) is 18.2. The van der Waals surface area contributed by atoms with Gasteiger partial charge in [0.1, 0.15) is 5.01 Å². The molecule has 5 rings (SSSR count). The Balaban J connectivity index is 1.48.